The Balaban J connectivity index is 1.44. The number of hydrogen-bond donors (Lipinski definition) is 3. The molecule has 170 valence electrons. The minimum absolute atomic E-state index is 0.250. The number of anilines is 1. The highest BCUT2D eigenvalue weighted by Crippen LogP contribution is 2.44. The fraction of sp³-hybridized carbons (Fsp3) is 0.522. The van der Waals surface area contributed by atoms with Gasteiger partial charge in [0, 0.05) is 56.2 Å². The molecule has 0 spiro atoms. The normalized spacial score (nSPS) is 26.5. The summed E-state index contributed by atoms with van der Waals surface area (Å²) in [6.07, 6.45) is 8.00. The van der Waals surface area contributed by atoms with Crippen LogP contribution in [0.1, 0.15) is 30.6 Å². The van der Waals surface area contributed by atoms with E-state index in [9.17, 15) is 9.90 Å². The summed E-state index contributed by atoms with van der Waals surface area (Å²) in [6.45, 7) is 6.90. The molecule has 5 rings (SSSR count). The van der Waals surface area contributed by atoms with Crippen LogP contribution in [0.15, 0.2) is 30.9 Å². The molecule has 0 radical (unpaired) electrons. The maximum absolute atomic E-state index is 12.2. The van der Waals surface area contributed by atoms with Crippen molar-refractivity contribution in [1.82, 2.24) is 24.3 Å². The first-order valence-corrected chi connectivity index (χ1v) is 11.3. The molecule has 1 aliphatic carbocycles. The van der Waals surface area contributed by atoms with Gasteiger partial charge in [0.15, 0.2) is 0 Å². The number of rotatable bonds is 6. The number of carbonyl (C=O) groups excluding carboxylic acids is 1. The molecule has 0 aromatic carbocycles. The average molecular weight is 438 g/mol. The monoisotopic (exact) mass is 437 g/mol. The van der Waals surface area contributed by atoms with Crippen molar-refractivity contribution in [1.29, 1.82) is 0 Å². The molecule has 3 aromatic heterocycles. The largest absolute Gasteiger partial charge is 0.392 e. The van der Waals surface area contributed by atoms with Crippen molar-refractivity contribution in [3.63, 3.8) is 0 Å². The van der Waals surface area contributed by atoms with E-state index in [-0.39, 0.29) is 12.1 Å². The van der Waals surface area contributed by atoms with E-state index < -0.39 is 5.91 Å². The topological polar surface area (TPSA) is 114 Å². The molecule has 0 unspecified atom stereocenters. The number of likely N-dealkylation sites (tertiary alicyclic amines) is 1. The Hall–Kier alpha value is -2.91. The van der Waals surface area contributed by atoms with Crippen LogP contribution < -0.4 is 11.1 Å². The van der Waals surface area contributed by atoms with E-state index in [0.29, 0.717) is 23.3 Å². The maximum Gasteiger partial charge on any atom is 0.252 e. The Morgan fingerprint density at radius 1 is 1.28 bits per heavy atom. The van der Waals surface area contributed by atoms with E-state index in [1.54, 1.807) is 15.4 Å². The second-order valence-electron chi connectivity index (χ2n) is 9.60. The van der Waals surface area contributed by atoms with E-state index >= 15 is 0 Å². The van der Waals surface area contributed by atoms with Gasteiger partial charge in [-0.2, -0.15) is 10.2 Å². The van der Waals surface area contributed by atoms with Crippen LogP contribution >= 0.6 is 0 Å². The highest BCUT2D eigenvalue weighted by molar-refractivity contribution is 6.02. The van der Waals surface area contributed by atoms with Crippen LogP contribution in [0.4, 0.5) is 5.69 Å². The molecule has 5 atom stereocenters. The summed E-state index contributed by atoms with van der Waals surface area (Å²) in [5.74, 6) is 1.13. The van der Waals surface area contributed by atoms with Crippen molar-refractivity contribution < 1.29 is 9.90 Å². The van der Waals surface area contributed by atoms with Gasteiger partial charge in [0.25, 0.3) is 5.91 Å². The molecule has 9 nitrogen and oxygen atoms in total. The van der Waals surface area contributed by atoms with Crippen molar-refractivity contribution in [2.75, 3.05) is 25.0 Å². The predicted molar refractivity (Wildman–Crippen MR) is 122 cm³/mol. The molecule has 2 aliphatic rings. The van der Waals surface area contributed by atoms with Crippen molar-refractivity contribution >= 4 is 17.1 Å². The van der Waals surface area contributed by atoms with Gasteiger partial charge in [0.2, 0.25) is 0 Å². The second-order valence-corrected chi connectivity index (χ2v) is 9.60. The van der Waals surface area contributed by atoms with Crippen molar-refractivity contribution in [2.45, 2.75) is 32.4 Å². The Morgan fingerprint density at radius 3 is 2.75 bits per heavy atom. The number of β-amino-alcohol motifs (C(OH)–C–C–N with tert-alkyl or cyclic N) is 1. The summed E-state index contributed by atoms with van der Waals surface area (Å²) in [7, 11) is 1.89. The predicted octanol–water partition coefficient (Wildman–Crippen LogP) is 1.58. The van der Waals surface area contributed by atoms with Gasteiger partial charge >= 0.3 is 0 Å². The average Bonchev–Trinajstić information content (AvgIpc) is 3.47. The Bertz CT molecular complexity index is 1150. The molecular formula is C23H31N7O2. The Morgan fingerprint density at radius 2 is 2.09 bits per heavy atom. The van der Waals surface area contributed by atoms with Crippen molar-refractivity contribution in [3.05, 3.63) is 36.4 Å². The van der Waals surface area contributed by atoms with E-state index in [1.165, 1.54) is 0 Å². The molecule has 3 aromatic rings. The van der Waals surface area contributed by atoms with Gasteiger partial charge in [0.05, 0.1) is 35.3 Å². The quantitative estimate of drug-likeness (QED) is 0.540. The first kappa shape index (κ1) is 21.0. The molecule has 1 aliphatic heterocycles. The van der Waals surface area contributed by atoms with Crippen LogP contribution in [0, 0.1) is 17.8 Å². The lowest BCUT2D eigenvalue weighted by Crippen LogP contribution is -2.34. The first-order valence-electron chi connectivity index (χ1n) is 11.3. The third-order valence-corrected chi connectivity index (χ3v) is 7.23. The molecule has 4 heterocycles. The number of aromatic nitrogens is 4. The minimum Gasteiger partial charge on any atom is -0.392 e. The Labute approximate surface area is 187 Å². The summed E-state index contributed by atoms with van der Waals surface area (Å²) in [5.41, 5.74) is 9.69. The van der Waals surface area contributed by atoms with Gasteiger partial charge in [-0.05, 0) is 37.2 Å². The molecule has 2 fully saturated rings. The lowest BCUT2D eigenvalue weighted by Gasteiger charge is -2.26. The number of fused-ring (bicyclic) bond motifs is 2. The van der Waals surface area contributed by atoms with Gasteiger partial charge in [-0.1, -0.05) is 6.92 Å². The molecule has 1 amide bonds. The number of aliphatic hydroxyl groups excluding tert-OH is 1. The number of carbonyl (C=O) groups is 1. The summed E-state index contributed by atoms with van der Waals surface area (Å²) in [5, 5.41) is 22.1. The van der Waals surface area contributed by atoms with E-state index in [2.05, 4.69) is 27.3 Å². The molecule has 9 heteroatoms. The van der Waals surface area contributed by atoms with Gasteiger partial charge in [-0.3, -0.25) is 9.48 Å². The number of nitrogens with two attached hydrogens (primary N) is 1. The third-order valence-electron chi connectivity index (χ3n) is 7.23. The van der Waals surface area contributed by atoms with Gasteiger partial charge in [-0.25, -0.2) is 4.52 Å². The van der Waals surface area contributed by atoms with Crippen molar-refractivity contribution in [3.8, 4) is 11.1 Å². The lowest BCUT2D eigenvalue weighted by molar-refractivity contribution is 0.100. The van der Waals surface area contributed by atoms with Gasteiger partial charge in [-0.15, -0.1) is 0 Å². The molecule has 0 bridgehead atoms. The van der Waals surface area contributed by atoms with Crippen LogP contribution in [-0.2, 0) is 7.05 Å². The van der Waals surface area contributed by atoms with E-state index in [0.717, 1.165) is 48.4 Å². The van der Waals surface area contributed by atoms with E-state index in [4.69, 9.17) is 5.73 Å². The SMILES string of the molecule is C[C@@H]1[C@H]2CN(C[C@@H](C)O)C[C@H]2C[C@H]1Nc1c(C(N)=O)cnn2cc(-c3cnn(C)c3)cc12. The molecule has 1 saturated heterocycles. The molecule has 1 saturated carbocycles. The number of aryl methyl sites for hydroxylation is 1. The fourth-order valence-electron chi connectivity index (χ4n) is 5.69. The summed E-state index contributed by atoms with van der Waals surface area (Å²) >= 11 is 0. The van der Waals surface area contributed by atoms with Crippen molar-refractivity contribution in [2.24, 2.45) is 30.5 Å². The fourth-order valence-corrected chi connectivity index (χ4v) is 5.69. The van der Waals surface area contributed by atoms with Crippen LogP contribution in [0.3, 0.4) is 0 Å². The third kappa shape index (κ3) is 3.65. The number of aliphatic hydroxyl groups is 1. The minimum atomic E-state index is -0.486. The zero-order valence-electron chi connectivity index (χ0n) is 18.8. The second kappa shape index (κ2) is 7.90. The smallest absolute Gasteiger partial charge is 0.252 e. The zero-order chi connectivity index (χ0) is 22.6. The van der Waals surface area contributed by atoms with Crippen LogP contribution in [-0.4, -0.2) is 67.1 Å². The summed E-state index contributed by atoms with van der Waals surface area (Å²) < 4.78 is 3.56. The van der Waals surface area contributed by atoms with Crippen LogP contribution in [0.25, 0.3) is 16.6 Å². The van der Waals surface area contributed by atoms with Gasteiger partial charge < -0.3 is 21.1 Å². The number of nitrogens with zero attached hydrogens (tertiary/aromatic N) is 5. The number of nitrogens with one attached hydrogen (secondary N) is 1. The van der Waals surface area contributed by atoms with Crippen LogP contribution in [0.2, 0.25) is 0 Å². The van der Waals surface area contributed by atoms with Gasteiger partial charge in [0.1, 0.15) is 0 Å². The molecular weight excluding hydrogens is 406 g/mol. The highest BCUT2D eigenvalue weighted by Gasteiger charge is 2.46. The summed E-state index contributed by atoms with van der Waals surface area (Å²) in [4.78, 5) is 14.6. The lowest BCUT2D eigenvalue weighted by atomic mass is 9.93. The standard InChI is InChI=1S/C23H31N7O2/c1-13(31)8-29-10-16-4-20(14(2)19(16)12-29)27-22-18(23(24)32)7-26-30-11-15(5-21(22)30)17-6-25-28(3)9-17/h5-7,9,11,13-14,16,19-20,27,31H,4,8,10,12H2,1-3H3,(H2,24,32)/t13-,14-,16-,19-,20-/m1/s1. The number of hydrogen-bond acceptors (Lipinski definition) is 6. The van der Waals surface area contributed by atoms with Crippen LogP contribution in [0.5, 0.6) is 0 Å². The number of primary amides is 1. The highest BCUT2D eigenvalue weighted by atomic mass is 16.3. The maximum atomic E-state index is 12.2. The molecule has 4 N–H and O–H groups in total. The van der Waals surface area contributed by atoms with E-state index in [1.807, 2.05) is 38.6 Å². The Kier molecular flexibility index (Phi) is 5.17. The zero-order valence-corrected chi connectivity index (χ0v) is 18.8. The number of amides is 1. The molecule has 32 heavy (non-hydrogen) atoms. The first-order chi connectivity index (χ1) is 15.3. The summed E-state index contributed by atoms with van der Waals surface area (Å²) in [6, 6.07) is 2.28.